The quantitative estimate of drug-likeness (QED) is 0.589. The zero-order chi connectivity index (χ0) is 7.40. The van der Waals surface area contributed by atoms with Crippen molar-refractivity contribution in [2.45, 2.75) is 32.1 Å². The van der Waals surface area contributed by atoms with Gasteiger partial charge in [-0.3, -0.25) is 4.79 Å². The summed E-state index contributed by atoms with van der Waals surface area (Å²) in [5, 5.41) is 0. The van der Waals surface area contributed by atoms with Crippen LogP contribution in [-0.2, 0) is 4.79 Å². The average molecular weight is 139 g/mol. The first kappa shape index (κ1) is 7.32. The summed E-state index contributed by atoms with van der Waals surface area (Å²) < 4.78 is 0. The number of carbonyl (C=O) groups excluding carboxylic acids is 1. The summed E-state index contributed by atoms with van der Waals surface area (Å²) in [6.45, 7) is 0. The predicted molar refractivity (Wildman–Crippen MR) is 40.4 cm³/mol. The molecular formula is C8H13NO. The molecule has 0 saturated carbocycles. The fraction of sp³-hybridized carbons (Fsp3) is 0.625. The van der Waals surface area contributed by atoms with E-state index in [4.69, 9.17) is 5.73 Å². The number of rotatable bonds is 3. The maximum absolute atomic E-state index is 10.4. The summed E-state index contributed by atoms with van der Waals surface area (Å²) in [6.07, 6.45) is 7.25. The van der Waals surface area contributed by atoms with Crippen molar-refractivity contribution in [3.05, 3.63) is 11.6 Å². The molecular weight excluding hydrogens is 126 g/mol. The van der Waals surface area contributed by atoms with Crippen LogP contribution in [0.25, 0.3) is 0 Å². The van der Waals surface area contributed by atoms with Crippen LogP contribution < -0.4 is 5.73 Å². The molecule has 0 unspecified atom stereocenters. The Hall–Kier alpha value is -0.790. The zero-order valence-electron chi connectivity index (χ0n) is 6.10. The third-order valence-electron chi connectivity index (χ3n) is 1.83. The summed E-state index contributed by atoms with van der Waals surface area (Å²) >= 11 is 0. The van der Waals surface area contributed by atoms with Crippen LogP contribution in [0.5, 0.6) is 0 Å². The molecule has 2 nitrogen and oxygen atoms in total. The van der Waals surface area contributed by atoms with Crippen LogP contribution in [0.4, 0.5) is 0 Å². The molecule has 10 heavy (non-hydrogen) atoms. The zero-order valence-corrected chi connectivity index (χ0v) is 6.10. The van der Waals surface area contributed by atoms with E-state index < -0.39 is 0 Å². The minimum atomic E-state index is -0.187. The Balaban J connectivity index is 2.19. The van der Waals surface area contributed by atoms with Crippen LogP contribution in [0.15, 0.2) is 11.6 Å². The molecule has 0 aromatic carbocycles. The summed E-state index contributed by atoms with van der Waals surface area (Å²) in [5.41, 5.74) is 6.42. The van der Waals surface area contributed by atoms with Gasteiger partial charge in [-0.1, -0.05) is 11.6 Å². The van der Waals surface area contributed by atoms with Crippen LogP contribution in [0.2, 0.25) is 0 Å². The lowest BCUT2D eigenvalue weighted by Crippen LogP contribution is -2.09. The van der Waals surface area contributed by atoms with Crippen molar-refractivity contribution in [3.8, 4) is 0 Å². The summed E-state index contributed by atoms with van der Waals surface area (Å²) in [5.74, 6) is -0.187. The van der Waals surface area contributed by atoms with E-state index in [2.05, 4.69) is 6.08 Å². The number of nitrogens with two attached hydrogens (primary N) is 1. The van der Waals surface area contributed by atoms with E-state index in [0.29, 0.717) is 6.42 Å². The first-order valence-electron chi connectivity index (χ1n) is 3.75. The number of hydrogen-bond donors (Lipinski definition) is 1. The number of carbonyl (C=O) groups is 1. The van der Waals surface area contributed by atoms with Crippen LogP contribution in [0.1, 0.15) is 32.1 Å². The second-order valence-electron chi connectivity index (χ2n) is 2.72. The van der Waals surface area contributed by atoms with E-state index in [9.17, 15) is 4.79 Å². The van der Waals surface area contributed by atoms with E-state index in [1.807, 2.05) is 0 Å². The molecule has 56 valence electrons. The molecule has 1 amide bonds. The van der Waals surface area contributed by atoms with E-state index in [-0.39, 0.29) is 5.91 Å². The second kappa shape index (κ2) is 3.40. The Morgan fingerprint density at radius 1 is 1.70 bits per heavy atom. The van der Waals surface area contributed by atoms with Gasteiger partial charge < -0.3 is 5.73 Å². The highest BCUT2D eigenvalue weighted by atomic mass is 16.1. The fourth-order valence-electron chi connectivity index (χ4n) is 1.25. The van der Waals surface area contributed by atoms with Gasteiger partial charge in [-0.15, -0.1) is 0 Å². The molecule has 0 heterocycles. The third kappa shape index (κ3) is 2.21. The van der Waals surface area contributed by atoms with E-state index >= 15 is 0 Å². The Bertz CT molecular complexity index is 161. The topological polar surface area (TPSA) is 43.1 Å². The molecule has 2 N–H and O–H groups in total. The molecule has 1 aliphatic rings. The van der Waals surface area contributed by atoms with Gasteiger partial charge in [-0.25, -0.2) is 0 Å². The van der Waals surface area contributed by atoms with Gasteiger partial charge in [0.15, 0.2) is 0 Å². The predicted octanol–water partition coefficient (Wildman–Crippen LogP) is 1.36. The SMILES string of the molecule is NC(=O)CCC1=CCCC1. The standard InChI is InChI=1S/C8H13NO/c9-8(10)6-5-7-3-1-2-4-7/h3H,1-2,4-6H2,(H2,9,10). The molecule has 0 aliphatic heterocycles. The minimum Gasteiger partial charge on any atom is -0.370 e. The first-order valence-corrected chi connectivity index (χ1v) is 3.75. The van der Waals surface area contributed by atoms with E-state index in [1.54, 1.807) is 0 Å². The lowest BCUT2D eigenvalue weighted by atomic mass is 10.1. The molecule has 0 saturated heterocycles. The average Bonchev–Trinajstić information content (AvgIpc) is 2.34. The van der Waals surface area contributed by atoms with Crippen LogP contribution >= 0.6 is 0 Å². The van der Waals surface area contributed by atoms with Crippen molar-refractivity contribution in [1.29, 1.82) is 0 Å². The highest BCUT2D eigenvalue weighted by molar-refractivity contribution is 5.73. The molecule has 0 bridgehead atoms. The highest BCUT2D eigenvalue weighted by Crippen LogP contribution is 2.21. The lowest BCUT2D eigenvalue weighted by molar-refractivity contribution is -0.117. The summed E-state index contributed by atoms with van der Waals surface area (Å²) in [6, 6.07) is 0. The van der Waals surface area contributed by atoms with Gasteiger partial charge >= 0.3 is 0 Å². The molecule has 0 aromatic rings. The van der Waals surface area contributed by atoms with Gasteiger partial charge in [0, 0.05) is 6.42 Å². The van der Waals surface area contributed by atoms with Crippen LogP contribution in [-0.4, -0.2) is 5.91 Å². The smallest absolute Gasteiger partial charge is 0.217 e. The van der Waals surface area contributed by atoms with Gasteiger partial charge in [0.1, 0.15) is 0 Å². The Morgan fingerprint density at radius 2 is 2.50 bits per heavy atom. The first-order chi connectivity index (χ1) is 4.79. The lowest BCUT2D eigenvalue weighted by Gasteiger charge is -1.96. The largest absolute Gasteiger partial charge is 0.370 e. The third-order valence-corrected chi connectivity index (χ3v) is 1.83. The Morgan fingerprint density at radius 3 is 3.00 bits per heavy atom. The number of amides is 1. The van der Waals surface area contributed by atoms with Gasteiger partial charge in [0.05, 0.1) is 0 Å². The normalized spacial score (nSPS) is 17.0. The molecule has 2 heteroatoms. The van der Waals surface area contributed by atoms with Gasteiger partial charge in [-0.05, 0) is 25.7 Å². The number of hydrogen-bond acceptors (Lipinski definition) is 1. The van der Waals surface area contributed by atoms with Crippen molar-refractivity contribution in [2.24, 2.45) is 5.73 Å². The molecule has 0 fully saturated rings. The summed E-state index contributed by atoms with van der Waals surface area (Å²) in [4.78, 5) is 10.4. The van der Waals surface area contributed by atoms with Crippen LogP contribution in [0, 0.1) is 0 Å². The molecule has 0 radical (unpaired) electrons. The van der Waals surface area contributed by atoms with E-state index in [1.165, 1.54) is 24.8 Å². The molecule has 0 spiro atoms. The molecule has 0 aromatic heterocycles. The fourth-order valence-corrected chi connectivity index (χ4v) is 1.25. The molecule has 1 rings (SSSR count). The molecule has 0 atom stereocenters. The maximum Gasteiger partial charge on any atom is 0.217 e. The minimum absolute atomic E-state index is 0.187. The Labute approximate surface area is 61.1 Å². The van der Waals surface area contributed by atoms with Crippen LogP contribution in [0.3, 0.4) is 0 Å². The Kier molecular flexibility index (Phi) is 2.49. The van der Waals surface area contributed by atoms with Gasteiger partial charge in [0.2, 0.25) is 5.91 Å². The van der Waals surface area contributed by atoms with E-state index in [0.717, 1.165) is 6.42 Å². The number of allylic oxidation sites excluding steroid dienone is 2. The van der Waals surface area contributed by atoms with Crippen molar-refractivity contribution in [3.63, 3.8) is 0 Å². The van der Waals surface area contributed by atoms with Gasteiger partial charge in [-0.2, -0.15) is 0 Å². The monoisotopic (exact) mass is 139 g/mol. The van der Waals surface area contributed by atoms with Gasteiger partial charge in [0.25, 0.3) is 0 Å². The van der Waals surface area contributed by atoms with Crippen molar-refractivity contribution in [1.82, 2.24) is 0 Å². The second-order valence-corrected chi connectivity index (χ2v) is 2.72. The van der Waals surface area contributed by atoms with Crippen molar-refractivity contribution in [2.75, 3.05) is 0 Å². The van der Waals surface area contributed by atoms with Crippen molar-refractivity contribution >= 4 is 5.91 Å². The highest BCUT2D eigenvalue weighted by Gasteiger charge is 2.04. The summed E-state index contributed by atoms with van der Waals surface area (Å²) in [7, 11) is 0. The van der Waals surface area contributed by atoms with Crippen molar-refractivity contribution < 1.29 is 4.79 Å². The molecule has 1 aliphatic carbocycles. The maximum atomic E-state index is 10.4. The number of primary amides is 1.